The molecule has 0 atom stereocenters. The van der Waals surface area contributed by atoms with Gasteiger partial charge in [0.1, 0.15) is 5.82 Å². The zero-order chi connectivity index (χ0) is 11.6. The summed E-state index contributed by atoms with van der Waals surface area (Å²) in [6.07, 6.45) is 0. The summed E-state index contributed by atoms with van der Waals surface area (Å²) in [5.41, 5.74) is 0. The summed E-state index contributed by atoms with van der Waals surface area (Å²) in [6.45, 7) is 0.617. The number of thioether (sulfide) groups is 1. The monoisotopic (exact) mass is 260 g/mol. The molecule has 0 fully saturated rings. The molecule has 1 N–H and O–H groups in total. The molecule has 1 aliphatic rings. The Hall–Kier alpha value is -1.08. The number of hydrogen-bond donors (Lipinski definition) is 1. The second-order valence-corrected chi connectivity index (χ2v) is 5.86. The van der Waals surface area contributed by atoms with Crippen LogP contribution in [0.25, 0.3) is 0 Å². The highest BCUT2D eigenvalue weighted by molar-refractivity contribution is 8.15. The molecule has 0 bridgehead atoms. The molecule has 1 aromatic rings. The van der Waals surface area contributed by atoms with Crippen molar-refractivity contribution >= 4 is 27.0 Å². The number of nitrogens with one attached hydrogen (secondary N) is 1. The van der Waals surface area contributed by atoms with Gasteiger partial charge in [-0.2, -0.15) is 0 Å². The van der Waals surface area contributed by atoms with Crippen LogP contribution in [0.15, 0.2) is 34.2 Å². The Morgan fingerprint density at radius 3 is 2.56 bits per heavy atom. The van der Waals surface area contributed by atoms with E-state index in [1.165, 1.54) is 23.9 Å². The Kier molecular flexibility index (Phi) is 3.15. The van der Waals surface area contributed by atoms with Gasteiger partial charge < -0.3 is 0 Å². The van der Waals surface area contributed by atoms with Crippen molar-refractivity contribution in [2.75, 3.05) is 12.3 Å². The van der Waals surface area contributed by atoms with Gasteiger partial charge in [-0.05, 0) is 24.3 Å². The number of halogens is 1. The van der Waals surface area contributed by atoms with Crippen molar-refractivity contribution in [2.24, 2.45) is 4.99 Å². The molecule has 0 unspecified atom stereocenters. The summed E-state index contributed by atoms with van der Waals surface area (Å²) < 4.78 is 38.5. The Morgan fingerprint density at radius 2 is 2.00 bits per heavy atom. The lowest BCUT2D eigenvalue weighted by atomic mass is 10.4. The van der Waals surface area contributed by atoms with Gasteiger partial charge >= 0.3 is 0 Å². The summed E-state index contributed by atoms with van der Waals surface area (Å²) in [7, 11) is -3.63. The van der Waals surface area contributed by atoms with Crippen molar-refractivity contribution in [3.63, 3.8) is 0 Å². The van der Waals surface area contributed by atoms with Gasteiger partial charge in [-0.1, -0.05) is 11.8 Å². The van der Waals surface area contributed by atoms with Gasteiger partial charge in [-0.15, -0.1) is 0 Å². The molecule has 0 aromatic heterocycles. The van der Waals surface area contributed by atoms with Crippen LogP contribution < -0.4 is 4.72 Å². The van der Waals surface area contributed by atoms with E-state index in [9.17, 15) is 12.8 Å². The normalized spacial score (nSPS) is 15.9. The first-order chi connectivity index (χ1) is 7.58. The predicted octanol–water partition coefficient (Wildman–Crippen LogP) is 1.21. The van der Waals surface area contributed by atoms with Gasteiger partial charge in [-0.25, -0.2) is 12.8 Å². The van der Waals surface area contributed by atoms with Crippen LogP contribution in [0.5, 0.6) is 0 Å². The zero-order valence-corrected chi connectivity index (χ0v) is 9.81. The Morgan fingerprint density at radius 1 is 1.31 bits per heavy atom. The van der Waals surface area contributed by atoms with Crippen LogP contribution >= 0.6 is 11.8 Å². The minimum absolute atomic E-state index is 0.0316. The van der Waals surface area contributed by atoms with Crippen LogP contribution in [0.3, 0.4) is 0 Å². The van der Waals surface area contributed by atoms with E-state index in [4.69, 9.17) is 0 Å². The molecule has 86 valence electrons. The van der Waals surface area contributed by atoms with Gasteiger partial charge in [0.25, 0.3) is 10.0 Å². The van der Waals surface area contributed by atoms with Crippen LogP contribution in [-0.4, -0.2) is 25.9 Å². The Bertz CT molecular complexity index is 511. The van der Waals surface area contributed by atoms with Crippen LogP contribution in [0.2, 0.25) is 0 Å². The fourth-order valence-corrected chi connectivity index (χ4v) is 3.21. The molecular weight excluding hydrogens is 251 g/mol. The maximum Gasteiger partial charge on any atom is 0.263 e. The molecular formula is C9H9FN2O2S2. The molecule has 1 heterocycles. The van der Waals surface area contributed by atoms with Crippen molar-refractivity contribution in [3.8, 4) is 0 Å². The van der Waals surface area contributed by atoms with Crippen LogP contribution in [0, 0.1) is 5.82 Å². The molecule has 7 heteroatoms. The van der Waals surface area contributed by atoms with Crippen molar-refractivity contribution in [2.45, 2.75) is 4.90 Å². The number of hydrogen-bond acceptors (Lipinski definition) is 4. The van der Waals surface area contributed by atoms with E-state index < -0.39 is 15.8 Å². The van der Waals surface area contributed by atoms with Crippen LogP contribution in [-0.2, 0) is 10.0 Å². The molecule has 0 amide bonds. The minimum Gasteiger partial charge on any atom is -0.261 e. The number of benzene rings is 1. The molecule has 0 aliphatic carbocycles. The van der Waals surface area contributed by atoms with E-state index in [1.54, 1.807) is 0 Å². The highest BCUT2D eigenvalue weighted by Crippen LogP contribution is 2.14. The highest BCUT2D eigenvalue weighted by atomic mass is 32.2. The van der Waals surface area contributed by atoms with E-state index in [1.807, 2.05) is 0 Å². The summed E-state index contributed by atoms with van der Waals surface area (Å²) in [6, 6.07) is 4.66. The first-order valence-electron chi connectivity index (χ1n) is 4.53. The lowest BCUT2D eigenvalue weighted by Crippen LogP contribution is -2.27. The largest absolute Gasteiger partial charge is 0.263 e. The zero-order valence-electron chi connectivity index (χ0n) is 8.18. The number of sulfonamides is 1. The average molecular weight is 260 g/mol. The molecule has 0 spiro atoms. The van der Waals surface area contributed by atoms with Crippen LogP contribution in [0.4, 0.5) is 4.39 Å². The van der Waals surface area contributed by atoms with E-state index in [-0.39, 0.29) is 4.90 Å². The maximum absolute atomic E-state index is 12.6. The predicted molar refractivity (Wildman–Crippen MR) is 61.5 cm³/mol. The second-order valence-electron chi connectivity index (χ2n) is 3.09. The third-order valence-electron chi connectivity index (χ3n) is 1.93. The first kappa shape index (κ1) is 11.4. The highest BCUT2D eigenvalue weighted by Gasteiger charge is 2.18. The van der Waals surface area contributed by atoms with Crippen molar-refractivity contribution in [1.29, 1.82) is 0 Å². The summed E-state index contributed by atoms with van der Waals surface area (Å²) in [5.74, 6) is 0.313. The SMILES string of the molecule is O=S(=O)(NC1=NCCS1)c1ccc(F)cc1. The molecule has 0 saturated carbocycles. The van der Waals surface area contributed by atoms with Gasteiger partial charge in [0, 0.05) is 5.75 Å². The van der Waals surface area contributed by atoms with E-state index in [0.717, 1.165) is 17.9 Å². The molecule has 0 radical (unpaired) electrons. The van der Waals surface area contributed by atoms with E-state index in [0.29, 0.717) is 11.7 Å². The van der Waals surface area contributed by atoms with Gasteiger partial charge in [0.15, 0.2) is 5.17 Å². The maximum atomic E-state index is 12.6. The Labute approximate surface area is 97.0 Å². The lowest BCUT2D eigenvalue weighted by molar-refractivity contribution is 0.591. The molecule has 1 aliphatic heterocycles. The number of amidine groups is 1. The standard InChI is InChI=1S/C9H9FN2O2S2/c10-7-1-3-8(4-2-7)16(13,14)12-9-11-5-6-15-9/h1-4H,5-6H2,(H,11,12). The third-order valence-corrected chi connectivity index (χ3v) is 4.31. The van der Waals surface area contributed by atoms with Crippen molar-refractivity contribution in [1.82, 2.24) is 4.72 Å². The number of aliphatic imine (C=N–C) groups is 1. The van der Waals surface area contributed by atoms with Crippen molar-refractivity contribution in [3.05, 3.63) is 30.1 Å². The third kappa shape index (κ3) is 2.53. The molecule has 2 rings (SSSR count). The van der Waals surface area contributed by atoms with Gasteiger partial charge in [0.05, 0.1) is 11.4 Å². The van der Waals surface area contributed by atoms with Crippen LogP contribution in [0.1, 0.15) is 0 Å². The topological polar surface area (TPSA) is 58.5 Å². The summed E-state index contributed by atoms with van der Waals surface area (Å²) >= 11 is 1.35. The Balaban J connectivity index is 2.21. The van der Waals surface area contributed by atoms with E-state index in [2.05, 4.69) is 9.71 Å². The summed E-state index contributed by atoms with van der Waals surface area (Å²) in [4.78, 5) is 4.01. The quantitative estimate of drug-likeness (QED) is 0.869. The first-order valence-corrected chi connectivity index (χ1v) is 7.00. The molecule has 4 nitrogen and oxygen atoms in total. The second kappa shape index (κ2) is 4.42. The summed E-state index contributed by atoms with van der Waals surface area (Å²) in [5, 5.41) is 0.393. The van der Waals surface area contributed by atoms with Gasteiger partial charge in [0.2, 0.25) is 0 Å². The molecule has 0 saturated heterocycles. The molecule has 16 heavy (non-hydrogen) atoms. The lowest BCUT2D eigenvalue weighted by Gasteiger charge is -2.06. The van der Waals surface area contributed by atoms with E-state index >= 15 is 0 Å². The molecule has 1 aromatic carbocycles. The minimum atomic E-state index is -3.63. The fourth-order valence-electron chi connectivity index (χ4n) is 1.18. The fraction of sp³-hybridized carbons (Fsp3) is 0.222. The smallest absolute Gasteiger partial charge is 0.261 e. The van der Waals surface area contributed by atoms with Crippen molar-refractivity contribution < 1.29 is 12.8 Å². The number of rotatable bonds is 2. The van der Waals surface area contributed by atoms with Gasteiger partial charge in [-0.3, -0.25) is 9.71 Å². The number of nitrogens with zero attached hydrogens (tertiary/aromatic N) is 1. The average Bonchev–Trinajstić information content (AvgIpc) is 2.70.